The maximum atomic E-state index is 6.98. The summed E-state index contributed by atoms with van der Waals surface area (Å²) >= 11 is -3.21. The number of likely N-dealkylation sites (tertiary alicyclic amines) is 1. The second-order valence-electron chi connectivity index (χ2n) is 7.34. The number of aromatic nitrogens is 2. The molecular weight excluding hydrogens is 526 g/mol. The average Bonchev–Trinajstić information content (AvgIpc) is 2.92. The van der Waals surface area contributed by atoms with E-state index in [0.29, 0.717) is 6.04 Å². The molecular formula is C17H31Cl2N4Pt. The van der Waals surface area contributed by atoms with Crippen LogP contribution in [0, 0.1) is 9.72 Å². The van der Waals surface area contributed by atoms with Gasteiger partial charge in [-0.3, -0.25) is 0 Å². The summed E-state index contributed by atoms with van der Waals surface area (Å²) < 4.78 is 9.30. The van der Waals surface area contributed by atoms with Crippen LogP contribution in [0.5, 0.6) is 0 Å². The summed E-state index contributed by atoms with van der Waals surface area (Å²) in [6, 6.07) is 0.450. The molecule has 0 unspecified atom stereocenters. The predicted octanol–water partition coefficient (Wildman–Crippen LogP) is 4.00. The molecule has 2 aliphatic rings. The molecule has 0 spiro atoms. The Labute approximate surface area is 157 Å². The SMILES string of the molecule is CN1CCC([NH][Pt]([Cl])([Cl])=[c]2n(C)ccn2CC2CCCCC2)CC1. The van der Waals surface area contributed by atoms with Gasteiger partial charge in [0.2, 0.25) is 0 Å². The van der Waals surface area contributed by atoms with Crippen molar-refractivity contribution in [3.8, 4) is 0 Å². The third-order valence-corrected chi connectivity index (χ3v) is 12.6. The Hall–Kier alpha value is 0.398. The molecule has 1 saturated heterocycles. The van der Waals surface area contributed by atoms with Crippen LogP contribution in [0.15, 0.2) is 12.4 Å². The number of imidazole rings is 1. The first kappa shape index (κ1) is 19.2. The van der Waals surface area contributed by atoms with E-state index < -0.39 is 13.8 Å². The van der Waals surface area contributed by atoms with Crippen molar-refractivity contribution < 1.29 is 13.8 Å². The van der Waals surface area contributed by atoms with Crippen LogP contribution in [0.2, 0.25) is 0 Å². The molecule has 0 atom stereocenters. The monoisotopic (exact) mass is 556 g/mol. The molecule has 0 amide bonds. The fourth-order valence-corrected chi connectivity index (χ4v) is 12.4. The Balaban J connectivity index is 1.82. The molecule has 0 aromatic carbocycles. The molecule has 0 bridgehead atoms. The summed E-state index contributed by atoms with van der Waals surface area (Å²) in [6.45, 7) is 3.31. The zero-order valence-corrected chi connectivity index (χ0v) is 18.6. The van der Waals surface area contributed by atoms with Gasteiger partial charge >= 0.3 is 157 Å². The molecule has 1 aromatic heterocycles. The molecule has 1 aliphatic heterocycles. The molecule has 1 aromatic rings. The van der Waals surface area contributed by atoms with Crippen molar-refractivity contribution in [2.45, 2.75) is 57.5 Å². The van der Waals surface area contributed by atoms with Gasteiger partial charge in [-0.1, -0.05) is 0 Å². The summed E-state index contributed by atoms with van der Waals surface area (Å²) in [6.07, 6.45) is 13.4. The molecule has 2 heterocycles. The number of halogens is 2. The van der Waals surface area contributed by atoms with Gasteiger partial charge in [-0.05, 0) is 0 Å². The van der Waals surface area contributed by atoms with E-state index in [9.17, 15) is 0 Å². The number of hydrogen-bond donors (Lipinski definition) is 1. The third kappa shape index (κ3) is 4.76. The number of nitrogens with zero attached hydrogens (tertiary/aromatic N) is 3. The topological polar surface area (TPSA) is 25.1 Å². The quantitative estimate of drug-likeness (QED) is 0.606. The minimum atomic E-state index is -3.21. The van der Waals surface area contributed by atoms with Crippen LogP contribution < -0.4 is 3.88 Å². The predicted molar refractivity (Wildman–Crippen MR) is 98.6 cm³/mol. The second kappa shape index (κ2) is 8.39. The fraction of sp³-hybridized carbons (Fsp3) is 0.824. The number of hydrogen-bond acceptors (Lipinski definition) is 2. The van der Waals surface area contributed by atoms with Crippen LogP contribution >= 0.6 is 18.8 Å². The van der Waals surface area contributed by atoms with Gasteiger partial charge < -0.3 is 0 Å². The van der Waals surface area contributed by atoms with E-state index in [1.165, 1.54) is 32.1 Å². The number of rotatable bonds is 4. The summed E-state index contributed by atoms with van der Waals surface area (Å²) in [4.78, 5) is 2.38. The number of aryl methyl sites for hydroxylation is 1. The Kier molecular flexibility index (Phi) is 6.70. The molecule has 1 N–H and O–H groups in total. The van der Waals surface area contributed by atoms with E-state index in [2.05, 4.69) is 44.4 Å². The molecule has 2 fully saturated rings. The van der Waals surface area contributed by atoms with Crippen molar-refractivity contribution >= 4 is 18.8 Å². The number of piperidine rings is 1. The van der Waals surface area contributed by atoms with Crippen molar-refractivity contribution in [2.24, 2.45) is 13.0 Å². The Morgan fingerprint density at radius 3 is 2.38 bits per heavy atom. The van der Waals surface area contributed by atoms with Crippen molar-refractivity contribution in [1.82, 2.24) is 17.9 Å². The first-order valence-corrected chi connectivity index (χ1v) is 16.9. The molecule has 24 heavy (non-hydrogen) atoms. The van der Waals surface area contributed by atoms with E-state index in [-0.39, 0.29) is 0 Å². The Morgan fingerprint density at radius 2 is 1.71 bits per heavy atom. The number of nitrogens with one attached hydrogen (secondary N) is 1. The van der Waals surface area contributed by atoms with Crippen LogP contribution in [-0.4, -0.2) is 40.2 Å². The maximum absolute atomic E-state index is 6.98. The van der Waals surface area contributed by atoms with Gasteiger partial charge in [-0.2, -0.15) is 0 Å². The molecule has 3 rings (SSSR count). The van der Waals surface area contributed by atoms with Gasteiger partial charge in [0.1, 0.15) is 0 Å². The van der Waals surface area contributed by atoms with Crippen LogP contribution in [0.25, 0.3) is 0 Å². The van der Waals surface area contributed by atoms with Gasteiger partial charge in [0.15, 0.2) is 0 Å². The van der Waals surface area contributed by atoms with Crippen molar-refractivity contribution in [3.05, 3.63) is 16.2 Å². The molecule has 1 aliphatic carbocycles. The Morgan fingerprint density at radius 1 is 1.04 bits per heavy atom. The Bertz CT molecular complexity index is 619. The van der Waals surface area contributed by atoms with E-state index >= 15 is 0 Å². The first-order chi connectivity index (χ1) is 11.5. The molecule has 143 valence electrons. The zero-order chi connectivity index (χ0) is 17.2. The third-order valence-electron chi connectivity index (χ3n) is 5.28. The zero-order valence-electron chi connectivity index (χ0n) is 14.8. The van der Waals surface area contributed by atoms with Gasteiger partial charge in [0, 0.05) is 0 Å². The van der Waals surface area contributed by atoms with E-state index in [4.69, 9.17) is 18.8 Å². The fourth-order valence-electron chi connectivity index (χ4n) is 3.83. The summed E-state index contributed by atoms with van der Waals surface area (Å²) in [5.41, 5.74) is 0. The van der Waals surface area contributed by atoms with Crippen LogP contribution in [0.4, 0.5) is 0 Å². The summed E-state index contributed by atoms with van der Waals surface area (Å²) in [5.74, 6) is 0.776. The minimum absolute atomic E-state index is 0.450. The molecule has 0 radical (unpaired) electrons. The van der Waals surface area contributed by atoms with E-state index in [1.54, 1.807) is 0 Å². The average molecular weight is 557 g/mol. The molecule has 1 saturated carbocycles. The van der Waals surface area contributed by atoms with E-state index in [1.807, 2.05) is 0 Å². The second-order valence-corrected chi connectivity index (χ2v) is 18.5. The summed E-state index contributed by atoms with van der Waals surface area (Å²) in [7, 11) is 18.2. The summed E-state index contributed by atoms with van der Waals surface area (Å²) in [5, 5.41) is 0. The van der Waals surface area contributed by atoms with Gasteiger partial charge in [-0.15, -0.1) is 0 Å². The normalized spacial score (nSPS) is 22.8. The van der Waals surface area contributed by atoms with Crippen LogP contribution in [0.1, 0.15) is 44.9 Å². The van der Waals surface area contributed by atoms with Crippen LogP contribution in [-0.2, 0) is 27.4 Å². The van der Waals surface area contributed by atoms with E-state index in [0.717, 1.165) is 42.2 Å². The van der Waals surface area contributed by atoms with Gasteiger partial charge in [0.25, 0.3) is 0 Å². The van der Waals surface area contributed by atoms with Crippen molar-refractivity contribution in [3.63, 3.8) is 0 Å². The van der Waals surface area contributed by atoms with Crippen molar-refractivity contribution in [2.75, 3.05) is 20.1 Å². The molecule has 4 nitrogen and oxygen atoms in total. The molecule has 7 heteroatoms. The van der Waals surface area contributed by atoms with Gasteiger partial charge in [-0.25, -0.2) is 0 Å². The van der Waals surface area contributed by atoms with Crippen molar-refractivity contribution in [1.29, 1.82) is 0 Å². The van der Waals surface area contributed by atoms with Crippen LogP contribution in [0.3, 0.4) is 0 Å². The first-order valence-electron chi connectivity index (χ1n) is 9.03. The van der Waals surface area contributed by atoms with Gasteiger partial charge in [0.05, 0.1) is 0 Å². The standard InChI is InChI=1S/C11H18N2.C6H13N2.2ClH.Pt/c1-12-7-8-13(10-12)9-11-5-3-2-4-6-11;1-8-4-2-6(7)3-5-8;;;/h7-8,11H,2-6,9H2,1H3;6-7H,2-5H2,1H3;2*1H;/q;-1;;;+3/p-2.